The number of aromatic nitrogens is 3. The number of nitrogens with zero attached hydrogens (tertiary/aromatic N) is 3. The molecule has 8 heteroatoms. The first-order valence-corrected chi connectivity index (χ1v) is 7.99. The Morgan fingerprint density at radius 1 is 0.963 bits per heavy atom. The van der Waals surface area contributed by atoms with E-state index in [1.165, 1.54) is 18.7 Å². The third-order valence-electron chi connectivity index (χ3n) is 4.27. The van der Waals surface area contributed by atoms with Gasteiger partial charge in [-0.05, 0) is 12.1 Å². The maximum atomic E-state index is 13.0. The zero-order valence-electron chi connectivity index (χ0n) is 14.9. The largest absolute Gasteiger partial charge is 0.348 e. The molecule has 3 rings (SSSR count). The summed E-state index contributed by atoms with van der Waals surface area (Å²) in [7, 11) is 2.90. The molecular formula is C19H19BrN4O3. The van der Waals surface area contributed by atoms with Gasteiger partial charge in [-0.25, -0.2) is 4.79 Å². The third kappa shape index (κ3) is 3.90. The lowest BCUT2D eigenvalue weighted by Crippen LogP contribution is -2.43. The molecular weight excluding hydrogens is 412 g/mol. The van der Waals surface area contributed by atoms with Gasteiger partial charge in [0.1, 0.15) is 5.56 Å². The molecule has 0 radical (unpaired) electrons. The van der Waals surface area contributed by atoms with E-state index in [-0.39, 0.29) is 29.1 Å². The maximum absolute atomic E-state index is 13.0. The molecule has 140 valence electrons. The quantitative estimate of drug-likeness (QED) is 0.630. The first kappa shape index (κ1) is 20.3. The molecule has 0 aliphatic heterocycles. The number of hydrogen-bond donors (Lipinski definition) is 1. The van der Waals surface area contributed by atoms with Crippen LogP contribution in [0.5, 0.6) is 0 Å². The summed E-state index contributed by atoms with van der Waals surface area (Å²) in [4.78, 5) is 38.0. The summed E-state index contributed by atoms with van der Waals surface area (Å²) in [5, 5.41) is 7.90. The molecule has 0 saturated carbocycles. The Morgan fingerprint density at radius 2 is 1.56 bits per heavy atom. The normalized spacial score (nSPS) is 10.3. The summed E-state index contributed by atoms with van der Waals surface area (Å²) in [6, 6.07) is 11.7. The van der Waals surface area contributed by atoms with Crippen LogP contribution in [0.2, 0.25) is 0 Å². The molecule has 0 aliphatic carbocycles. The van der Waals surface area contributed by atoms with Gasteiger partial charge in [0.2, 0.25) is 0 Å². The van der Waals surface area contributed by atoms with E-state index in [4.69, 9.17) is 5.41 Å². The highest BCUT2D eigenvalue weighted by molar-refractivity contribution is 8.93. The lowest BCUT2D eigenvalue weighted by molar-refractivity contribution is 0.103. The van der Waals surface area contributed by atoms with Gasteiger partial charge in [0.15, 0.2) is 5.78 Å². The van der Waals surface area contributed by atoms with Crippen molar-refractivity contribution in [1.82, 2.24) is 13.7 Å². The van der Waals surface area contributed by atoms with E-state index in [0.717, 1.165) is 4.57 Å². The van der Waals surface area contributed by atoms with E-state index in [0.29, 0.717) is 16.6 Å². The van der Waals surface area contributed by atoms with E-state index >= 15 is 0 Å². The number of benzene rings is 1. The fourth-order valence-electron chi connectivity index (χ4n) is 2.77. The molecule has 0 aliphatic rings. The van der Waals surface area contributed by atoms with Crippen LogP contribution in [0, 0.1) is 5.41 Å². The Bertz CT molecular complexity index is 1140. The Morgan fingerprint density at radius 3 is 2.15 bits per heavy atom. The van der Waals surface area contributed by atoms with Crippen LogP contribution in [-0.2, 0) is 20.6 Å². The number of hydrogen-bond acceptors (Lipinski definition) is 4. The molecule has 7 nitrogen and oxygen atoms in total. The van der Waals surface area contributed by atoms with Crippen LogP contribution < -0.4 is 16.6 Å². The third-order valence-corrected chi connectivity index (χ3v) is 4.27. The van der Waals surface area contributed by atoms with E-state index in [1.54, 1.807) is 59.4 Å². The van der Waals surface area contributed by atoms with Crippen LogP contribution in [0.15, 0.2) is 64.4 Å². The van der Waals surface area contributed by atoms with Crippen molar-refractivity contribution in [2.75, 3.05) is 0 Å². The zero-order chi connectivity index (χ0) is 18.8. The van der Waals surface area contributed by atoms with Gasteiger partial charge in [0, 0.05) is 32.1 Å². The highest BCUT2D eigenvalue weighted by atomic mass is 79.9. The van der Waals surface area contributed by atoms with Crippen LogP contribution in [0.1, 0.15) is 21.6 Å². The first-order chi connectivity index (χ1) is 12.4. The molecule has 0 fully saturated rings. The Hall–Kier alpha value is -3.00. The standard InChI is InChI=1S/C19H18N4O3.BrH/c1-21-15(12-23-10-8-14(20)9-11-23)16(18(25)22(2)19(21)26)17(24)13-6-4-3-5-7-13;/h3-11,20H,12H2,1-2H3;1H. The molecule has 2 aromatic heterocycles. The molecule has 2 heterocycles. The van der Waals surface area contributed by atoms with Crippen molar-refractivity contribution in [3.63, 3.8) is 0 Å². The average molecular weight is 431 g/mol. The number of ketones is 1. The second-order valence-electron chi connectivity index (χ2n) is 5.98. The van der Waals surface area contributed by atoms with Crippen LogP contribution in [0.25, 0.3) is 0 Å². The molecule has 27 heavy (non-hydrogen) atoms. The highest BCUT2D eigenvalue weighted by Gasteiger charge is 2.22. The number of carbonyl (C=O) groups is 1. The zero-order valence-corrected chi connectivity index (χ0v) is 16.6. The molecule has 1 N–H and O–H groups in total. The van der Waals surface area contributed by atoms with E-state index < -0.39 is 17.0 Å². The minimum Gasteiger partial charge on any atom is -0.348 e. The first-order valence-electron chi connectivity index (χ1n) is 7.99. The van der Waals surface area contributed by atoms with Crippen molar-refractivity contribution in [1.29, 1.82) is 5.41 Å². The summed E-state index contributed by atoms with van der Waals surface area (Å²) in [6.07, 6.45) is 3.34. The van der Waals surface area contributed by atoms with Gasteiger partial charge in [-0.15, -0.1) is 17.0 Å². The van der Waals surface area contributed by atoms with Crippen molar-refractivity contribution in [2.45, 2.75) is 6.54 Å². The molecule has 0 saturated heterocycles. The molecule has 3 aromatic rings. The second kappa shape index (κ2) is 8.13. The Kier molecular flexibility index (Phi) is 6.12. The molecule has 1 aromatic carbocycles. The fraction of sp³-hybridized carbons (Fsp3) is 0.158. The number of rotatable bonds is 4. The summed E-state index contributed by atoms with van der Waals surface area (Å²) in [6.45, 7) is 0.163. The van der Waals surface area contributed by atoms with Crippen LogP contribution in [0.3, 0.4) is 0 Å². The van der Waals surface area contributed by atoms with Crippen molar-refractivity contribution in [2.24, 2.45) is 14.1 Å². The van der Waals surface area contributed by atoms with Crippen molar-refractivity contribution in [3.8, 4) is 0 Å². The summed E-state index contributed by atoms with van der Waals surface area (Å²) in [5.41, 5.74) is -0.420. The van der Waals surface area contributed by atoms with Gasteiger partial charge >= 0.3 is 5.69 Å². The summed E-state index contributed by atoms with van der Waals surface area (Å²) in [5.74, 6) is -0.422. The van der Waals surface area contributed by atoms with Gasteiger partial charge < -0.3 is 9.98 Å². The number of halogens is 1. The lowest BCUT2D eigenvalue weighted by atomic mass is 10.0. The number of pyridine rings is 1. The van der Waals surface area contributed by atoms with Crippen LogP contribution in [-0.4, -0.2) is 19.5 Å². The van der Waals surface area contributed by atoms with Crippen molar-refractivity contribution < 1.29 is 4.79 Å². The van der Waals surface area contributed by atoms with Crippen LogP contribution >= 0.6 is 17.0 Å². The van der Waals surface area contributed by atoms with Gasteiger partial charge in [0.05, 0.1) is 17.6 Å². The van der Waals surface area contributed by atoms with Gasteiger partial charge in [-0.1, -0.05) is 30.3 Å². The molecule has 0 amide bonds. The molecule has 0 atom stereocenters. The molecule has 0 spiro atoms. The average Bonchev–Trinajstić information content (AvgIpc) is 2.66. The minimum absolute atomic E-state index is 0. The summed E-state index contributed by atoms with van der Waals surface area (Å²) < 4.78 is 3.98. The van der Waals surface area contributed by atoms with Crippen molar-refractivity contribution >= 4 is 22.8 Å². The van der Waals surface area contributed by atoms with E-state index in [9.17, 15) is 14.4 Å². The second-order valence-corrected chi connectivity index (χ2v) is 5.98. The SMILES string of the molecule is Br.Cn1c(Cn2ccc(=N)cc2)c(C(=O)c2ccccc2)c(=O)n(C)c1=O. The monoisotopic (exact) mass is 430 g/mol. The Labute approximate surface area is 165 Å². The van der Waals surface area contributed by atoms with E-state index in [1.807, 2.05) is 0 Å². The van der Waals surface area contributed by atoms with Crippen LogP contribution in [0.4, 0.5) is 0 Å². The van der Waals surface area contributed by atoms with Gasteiger partial charge in [0.25, 0.3) is 5.56 Å². The summed E-state index contributed by atoms with van der Waals surface area (Å²) >= 11 is 0. The highest BCUT2D eigenvalue weighted by Crippen LogP contribution is 2.11. The van der Waals surface area contributed by atoms with Gasteiger partial charge in [-0.2, -0.15) is 0 Å². The smallest absolute Gasteiger partial charge is 0.330 e. The topological polar surface area (TPSA) is 89.8 Å². The lowest BCUT2D eigenvalue weighted by Gasteiger charge is -2.16. The fourth-order valence-corrected chi connectivity index (χ4v) is 2.77. The predicted molar refractivity (Wildman–Crippen MR) is 107 cm³/mol. The molecule has 0 bridgehead atoms. The minimum atomic E-state index is -0.616. The number of carbonyl (C=O) groups excluding carboxylic acids is 1. The van der Waals surface area contributed by atoms with Gasteiger partial charge in [-0.3, -0.25) is 18.7 Å². The predicted octanol–water partition coefficient (Wildman–Crippen LogP) is 1.22. The van der Waals surface area contributed by atoms with E-state index in [2.05, 4.69) is 0 Å². The maximum Gasteiger partial charge on any atom is 0.330 e. The number of nitrogens with one attached hydrogen (secondary N) is 1. The van der Waals surface area contributed by atoms with Crippen molar-refractivity contribution in [3.05, 3.63) is 97.9 Å². The Balaban J connectivity index is 0.00000261. The molecule has 0 unspecified atom stereocenters.